The summed E-state index contributed by atoms with van der Waals surface area (Å²) >= 11 is 3.34. The Bertz CT molecular complexity index is 368. The van der Waals surface area contributed by atoms with Crippen molar-refractivity contribution in [1.29, 1.82) is 0 Å². The fourth-order valence-electron chi connectivity index (χ4n) is 1.38. The Morgan fingerprint density at radius 2 is 1.93 bits per heavy atom. The molecular formula is C11H11BrO3. The summed E-state index contributed by atoms with van der Waals surface area (Å²) in [6, 6.07) is 7.41. The molecule has 2 rings (SSSR count). The zero-order valence-corrected chi connectivity index (χ0v) is 9.91. The quantitative estimate of drug-likeness (QED) is 0.792. The molecule has 0 bridgehead atoms. The summed E-state index contributed by atoms with van der Waals surface area (Å²) in [6.45, 7) is 0. The number of ether oxygens (including phenoxy) is 2. The maximum absolute atomic E-state index is 11.4. The van der Waals surface area contributed by atoms with Crippen molar-refractivity contribution in [3.05, 3.63) is 28.7 Å². The molecule has 0 amide bonds. The van der Waals surface area contributed by atoms with Gasteiger partial charge in [-0.3, -0.25) is 0 Å². The first-order valence-electron chi connectivity index (χ1n) is 4.69. The van der Waals surface area contributed by atoms with Crippen molar-refractivity contribution in [2.45, 2.75) is 18.4 Å². The van der Waals surface area contributed by atoms with Crippen LogP contribution in [-0.2, 0) is 9.53 Å². The van der Waals surface area contributed by atoms with Crippen molar-refractivity contribution in [3.8, 4) is 5.75 Å². The highest BCUT2D eigenvalue weighted by Gasteiger charge is 2.54. The Morgan fingerprint density at radius 1 is 1.33 bits per heavy atom. The molecule has 0 radical (unpaired) electrons. The van der Waals surface area contributed by atoms with E-state index in [1.165, 1.54) is 7.11 Å². The van der Waals surface area contributed by atoms with Gasteiger partial charge in [0.15, 0.2) is 0 Å². The molecule has 0 atom stereocenters. The maximum atomic E-state index is 11.4. The van der Waals surface area contributed by atoms with Crippen LogP contribution in [-0.4, -0.2) is 18.7 Å². The molecule has 4 heteroatoms. The second-order valence-corrected chi connectivity index (χ2v) is 4.46. The maximum Gasteiger partial charge on any atom is 0.350 e. The van der Waals surface area contributed by atoms with E-state index in [1.54, 1.807) is 0 Å². The van der Waals surface area contributed by atoms with E-state index in [9.17, 15) is 4.79 Å². The number of carbonyl (C=O) groups excluding carboxylic acids is 1. The molecule has 80 valence electrons. The van der Waals surface area contributed by atoms with Gasteiger partial charge in [0.1, 0.15) is 5.75 Å². The van der Waals surface area contributed by atoms with E-state index in [4.69, 9.17) is 9.47 Å². The van der Waals surface area contributed by atoms with Gasteiger partial charge in [-0.25, -0.2) is 4.79 Å². The van der Waals surface area contributed by atoms with E-state index in [1.807, 2.05) is 24.3 Å². The fourth-order valence-corrected chi connectivity index (χ4v) is 1.64. The number of benzene rings is 1. The van der Waals surface area contributed by atoms with Crippen molar-refractivity contribution in [3.63, 3.8) is 0 Å². The lowest BCUT2D eigenvalue weighted by Gasteiger charge is -2.15. The molecule has 0 N–H and O–H groups in total. The Morgan fingerprint density at radius 3 is 2.40 bits per heavy atom. The van der Waals surface area contributed by atoms with Crippen LogP contribution in [0.15, 0.2) is 28.7 Å². The molecule has 0 saturated heterocycles. The first kappa shape index (κ1) is 10.5. The molecule has 0 unspecified atom stereocenters. The van der Waals surface area contributed by atoms with Gasteiger partial charge in [0, 0.05) is 17.3 Å². The van der Waals surface area contributed by atoms with E-state index < -0.39 is 5.60 Å². The Hall–Kier alpha value is -1.03. The minimum Gasteiger partial charge on any atom is -0.476 e. The summed E-state index contributed by atoms with van der Waals surface area (Å²) in [5.74, 6) is 0.409. The molecule has 1 aromatic rings. The summed E-state index contributed by atoms with van der Waals surface area (Å²) in [7, 11) is 1.38. The number of hydrogen-bond acceptors (Lipinski definition) is 3. The number of carbonyl (C=O) groups is 1. The van der Waals surface area contributed by atoms with Crippen LogP contribution in [0, 0.1) is 0 Å². The fraction of sp³-hybridized carbons (Fsp3) is 0.364. The predicted molar refractivity (Wildman–Crippen MR) is 58.8 cm³/mol. The van der Waals surface area contributed by atoms with Crippen LogP contribution in [0.1, 0.15) is 12.8 Å². The van der Waals surface area contributed by atoms with Gasteiger partial charge in [-0.1, -0.05) is 15.9 Å². The second kappa shape index (κ2) is 3.85. The topological polar surface area (TPSA) is 35.5 Å². The normalized spacial score (nSPS) is 16.9. The Labute approximate surface area is 96.5 Å². The zero-order chi connectivity index (χ0) is 10.9. The summed E-state index contributed by atoms with van der Waals surface area (Å²) in [4.78, 5) is 11.4. The van der Waals surface area contributed by atoms with Crippen LogP contribution in [0.2, 0.25) is 0 Å². The Kier molecular flexibility index (Phi) is 2.69. The van der Waals surface area contributed by atoms with Crippen molar-refractivity contribution in [2.75, 3.05) is 7.11 Å². The van der Waals surface area contributed by atoms with Crippen LogP contribution in [0.25, 0.3) is 0 Å². The van der Waals surface area contributed by atoms with Crippen LogP contribution < -0.4 is 4.74 Å². The molecule has 3 nitrogen and oxygen atoms in total. The van der Waals surface area contributed by atoms with Crippen molar-refractivity contribution >= 4 is 21.9 Å². The molecule has 0 spiro atoms. The van der Waals surface area contributed by atoms with Crippen molar-refractivity contribution < 1.29 is 14.3 Å². The Balaban J connectivity index is 2.09. The molecule has 1 aromatic carbocycles. The third-order valence-corrected chi connectivity index (χ3v) is 2.92. The standard InChI is InChI=1S/C11H11BrO3/c1-14-10(13)11(6-7-11)15-9-4-2-8(12)3-5-9/h2-5H,6-7H2,1H3. The third-order valence-electron chi connectivity index (χ3n) is 2.39. The first-order chi connectivity index (χ1) is 7.16. The van der Waals surface area contributed by atoms with Gasteiger partial charge in [0.05, 0.1) is 7.11 Å². The van der Waals surface area contributed by atoms with Gasteiger partial charge in [0.25, 0.3) is 0 Å². The van der Waals surface area contributed by atoms with Crippen molar-refractivity contribution in [1.82, 2.24) is 0 Å². The van der Waals surface area contributed by atoms with Gasteiger partial charge in [-0.15, -0.1) is 0 Å². The van der Waals surface area contributed by atoms with Crippen LogP contribution >= 0.6 is 15.9 Å². The van der Waals surface area contributed by atoms with E-state index in [0.29, 0.717) is 5.75 Å². The number of esters is 1. The average molecular weight is 271 g/mol. The largest absolute Gasteiger partial charge is 0.476 e. The molecule has 1 aliphatic carbocycles. The molecular weight excluding hydrogens is 260 g/mol. The zero-order valence-electron chi connectivity index (χ0n) is 8.33. The van der Waals surface area contributed by atoms with Crippen LogP contribution in [0.3, 0.4) is 0 Å². The molecule has 0 aliphatic heterocycles. The number of halogens is 1. The highest BCUT2D eigenvalue weighted by molar-refractivity contribution is 9.10. The first-order valence-corrected chi connectivity index (χ1v) is 5.49. The van der Waals surface area contributed by atoms with Gasteiger partial charge >= 0.3 is 5.97 Å². The lowest BCUT2D eigenvalue weighted by molar-refractivity contribution is -0.151. The summed E-state index contributed by atoms with van der Waals surface area (Å²) in [5, 5.41) is 0. The summed E-state index contributed by atoms with van der Waals surface area (Å²) in [5.41, 5.74) is -0.720. The molecule has 0 heterocycles. The van der Waals surface area contributed by atoms with Gasteiger partial charge in [-0.05, 0) is 24.3 Å². The van der Waals surface area contributed by atoms with Gasteiger partial charge in [-0.2, -0.15) is 0 Å². The van der Waals surface area contributed by atoms with E-state index in [0.717, 1.165) is 17.3 Å². The average Bonchev–Trinajstić information content (AvgIpc) is 3.01. The van der Waals surface area contributed by atoms with Crippen molar-refractivity contribution in [2.24, 2.45) is 0 Å². The lowest BCUT2D eigenvalue weighted by atomic mass is 10.3. The predicted octanol–water partition coefficient (Wildman–Crippen LogP) is 2.53. The molecule has 1 fully saturated rings. The highest BCUT2D eigenvalue weighted by atomic mass is 79.9. The smallest absolute Gasteiger partial charge is 0.350 e. The van der Waals surface area contributed by atoms with Crippen LogP contribution in [0.5, 0.6) is 5.75 Å². The summed E-state index contributed by atoms with van der Waals surface area (Å²) in [6.07, 6.45) is 1.46. The third kappa shape index (κ3) is 2.15. The summed E-state index contributed by atoms with van der Waals surface area (Å²) < 4.78 is 11.3. The molecule has 1 saturated carbocycles. The lowest BCUT2D eigenvalue weighted by Crippen LogP contribution is -2.30. The second-order valence-electron chi connectivity index (χ2n) is 3.54. The highest BCUT2D eigenvalue weighted by Crippen LogP contribution is 2.41. The number of rotatable bonds is 3. The number of methoxy groups -OCH3 is 1. The number of hydrogen-bond donors (Lipinski definition) is 0. The SMILES string of the molecule is COC(=O)C1(Oc2ccc(Br)cc2)CC1. The van der Waals surface area contributed by atoms with E-state index in [2.05, 4.69) is 15.9 Å². The molecule has 1 aliphatic rings. The van der Waals surface area contributed by atoms with E-state index >= 15 is 0 Å². The molecule has 15 heavy (non-hydrogen) atoms. The van der Waals surface area contributed by atoms with Gasteiger partial charge in [0.2, 0.25) is 5.60 Å². The van der Waals surface area contributed by atoms with E-state index in [-0.39, 0.29) is 5.97 Å². The van der Waals surface area contributed by atoms with Gasteiger partial charge < -0.3 is 9.47 Å². The minimum atomic E-state index is -0.720. The monoisotopic (exact) mass is 270 g/mol. The molecule has 0 aromatic heterocycles. The minimum absolute atomic E-state index is 0.287. The van der Waals surface area contributed by atoms with Crippen LogP contribution in [0.4, 0.5) is 0 Å².